The van der Waals surface area contributed by atoms with E-state index in [0.717, 1.165) is 136 Å². The number of nitriles is 1. The Balaban J connectivity index is 1.11. The van der Waals surface area contributed by atoms with Crippen molar-refractivity contribution < 1.29 is 4.42 Å². The van der Waals surface area contributed by atoms with Crippen LogP contribution in [0, 0.1) is 17.9 Å². The quantitative estimate of drug-likeness (QED) is 0.149. The summed E-state index contributed by atoms with van der Waals surface area (Å²) in [6.07, 6.45) is 0. The molecule has 0 unspecified atom stereocenters. The monoisotopic (exact) mass is 1140 g/mol. The summed E-state index contributed by atoms with van der Waals surface area (Å²) in [4.78, 5) is 4.71. The molecule has 13 aromatic carbocycles. The summed E-state index contributed by atoms with van der Waals surface area (Å²) in [6.45, 7) is 9.69. The normalized spacial score (nSPS) is 11.9. The highest BCUT2D eigenvalue weighted by atomic mass is 32.1. The summed E-state index contributed by atoms with van der Waals surface area (Å²) in [6, 6.07) is 97.4. The summed E-state index contributed by atoms with van der Waals surface area (Å²) in [5.41, 5.74) is 17.2. The van der Waals surface area contributed by atoms with E-state index in [1.165, 1.54) is 20.2 Å². The minimum Gasteiger partial charge on any atom is -0.455 e. The van der Waals surface area contributed by atoms with Crippen LogP contribution < -0.4 is 0 Å². The smallest absolute Gasteiger partial charge is 0.220 e. The van der Waals surface area contributed by atoms with Crippen LogP contribution in [0.5, 0.6) is 0 Å². The Labute approximate surface area is 506 Å². The van der Waals surface area contributed by atoms with Gasteiger partial charge in [0.1, 0.15) is 17.2 Å². The van der Waals surface area contributed by atoms with Crippen LogP contribution in [0.2, 0.25) is 0 Å². The number of hydrogen-bond acceptors (Lipinski definition) is 4. The summed E-state index contributed by atoms with van der Waals surface area (Å²) >= 11 is 3.61. The molecule has 402 valence electrons. The fourth-order valence-electron chi connectivity index (χ4n) is 14.2. The lowest BCUT2D eigenvalue weighted by molar-refractivity contribution is 0.670. The predicted molar refractivity (Wildman–Crippen MR) is 366 cm³/mol. The fraction of sp³-hybridized carbons (Fsp3) is 0. The van der Waals surface area contributed by atoms with Crippen molar-refractivity contribution in [3.63, 3.8) is 0 Å². The van der Waals surface area contributed by atoms with Gasteiger partial charge in [0.05, 0.1) is 55.0 Å². The lowest BCUT2D eigenvalue weighted by Crippen LogP contribution is -2.09. The van der Waals surface area contributed by atoms with Crippen LogP contribution in [0.15, 0.2) is 271 Å². The highest BCUT2D eigenvalue weighted by molar-refractivity contribution is 7.27. The maximum atomic E-state index is 12.6. The van der Waals surface area contributed by atoms with Crippen molar-refractivity contribution in [3.8, 4) is 73.1 Å². The SMILES string of the molecule is [C-]#[N+]c1c(-c2ccccc2)c(C#N)c(-n2c3c(cc(-c4ccccc4)c4c5ccccc5sc43)c3cc(-c4ccccc4)c4c5ccccc5sc4c32)c(-c2ccccc2)c1-n1c2ccccc2c2c(-c3cccc4c3oc3ccccc34)cccc21. The molecule has 0 atom stereocenters. The van der Waals surface area contributed by atoms with E-state index < -0.39 is 0 Å². The minimum atomic E-state index is 0.380. The van der Waals surface area contributed by atoms with Crippen LogP contribution in [-0.2, 0) is 0 Å². The van der Waals surface area contributed by atoms with Crippen LogP contribution >= 0.6 is 22.7 Å². The highest BCUT2D eigenvalue weighted by Crippen LogP contribution is 2.57. The van der Waals surface area contributed by atoms with Gasteiger partial charge in [0.15, 0.2) is 0 Å². The van der Waals surface area contributed by atoms with Gasteiger partial charge >= 0.3 is 0 Å². The summed E-state index contributed by atoms with van der Waals surface area (Å²) in [7, 11) is 0. The van der Waals surface area contributed by atoms with Crippen LogP contribution in [-0.4, -0.2) is 9.13 Å². The number of thiophene rings is 2. The molecule has 0 saturated heterocycles. The molecule has 0 N–H and O–H groups in total. The average molecular weight is 1140 g/mol. The number of fused-ring (bicyclic) bond motifs is 17. The standard InChI is InChI=1S/C80H44N4OS2/c1-82-73-68(49-28-10-4-11-29-49)62(46-81)74(69(50-30-12-5-13-31-50)77(73)83-63-39-18-14-33-55(63)70-52(36-23-40-64(70)83)54-38-22-37-53-51-32-15-19-41-65(51)85-78(53)54)84-75-60(44-58(47-24-6-2-7-25-47)71-56-34-16-20-42-66(56)86-79(71)75)61-45-59(48-26-8-3-9-27-48)72-57-35-17-21-43-67(57)87-80(72)76(61)84/h2-45H. The van der Waals surface area contributed by atoms with Gasteiger partial charge < -0.3 is 13.6 Å². The van der Waals surface area contributed by atoms with Gasteiger partial charge in [0.2, 0.25) is 5.69 Å². The van der Waals surface area contributed by atoms with E-state index in [9.17, 15) is 11.8 Å². The molecule has 0 bridgehead atoms. The Morgan fingerprint density at radius 3 is 1.44 bits per heavy atom. The van der Waals surface area contributed by atoms with Gasteiger partial charge in [-0.3, -0.25) is 0 Å². The zero-order valence-corrected chi connectivity index (χ0v) is 48.1. The summed E-state index contributed by atoms with van der Waals surface area (Å²) in [5.74, 6) is 0. The van der Waals surface area contributed by atoms with Crippen LogP contribution in [0.1, 0.15) is 5.56 Å². The van der Waals surface area contributed by atoms with Crippen molar-refractivity contribution in [1.82, 2.24) is 9.13 Å². The first-order chi connectivity index (χ1) is 43.1. The van der Waals surface area contributed by atoms with Crippen molar-refractivity contribution in [1.29, 1.82) is 5.26 Å². The Kier molecular flexibility index (Phi) is 10.8. The topological polar surface area (TPSA) is 51.1 Å². The first-order valence-corrected chi connectivity index (χ1v) is 30.7. The number of hydrogen-bond donors (Lipinski definition) is 0. The third-order valence-corrected chi connectivity index (χ3v) is 20.1. The van der Waals surface area contributed by atoms with Gasteiger partial charge in [-0.25, -0.2) is 4.85 Å². The number of para-hydroxylation sites is 3. The van der Waals surface area contributed by atoms with Crippen LogP contribution in [0.25, 0.3) is 178 Å². The Morgan fingerprint density at radius 2 is 0.851 bits per heavy atom. The molecule has 5 aromatic heterocycles. The van der Waals surface area contributed by atoms with Gasteiger partial charge in [-0.2, -0.15) is 5.26 Å². The van der Waals surface area contributed by atoms with E-state index in [4.69, 9.17) is 9.26 Å². The molecule has 7 heteroatoms. The van der Waals surface area contributed by atoms with Crippen LogP contribution in [0.3, 0.4) is 0 Å². The van der Waals surface area contributed by atoms with Gasteiger partial charge in [0, 0.05) is 80.0 Å². The van der Waals surface area contributed by atoms with E-state index in [-0.39, 0.29) is 0 Å². The molecule has 0 saturated carbocycles. The Morgan fingerprint density at radius 1 is 0.379 bits per heavy atom. The Bertz CT molecular complexity index is 5840. The number of aromatic nitrogens is 2. The molecular formula is C80H44N4OS2. The molecule has 0 amide bonds. The predicted octanol–water partition coefficient (Wildman–Crippen LogP) is 23.3. The lowest BCUT2D eigenvalue weighted by Gasteiger charge is -2.26. The van der Waals surface area contributed by atoms with Crippen molar-refractivity contribution in [2.75, 3.05) is 0 Å². The first-order valence-electron chi connectivity index (χ1n) is 29.1. The maximum absolute atomic E-state index is 12.6. The van der Waals surface area contributed by atoms with Crippen molar-refractivity contribution >= 4 is 134 Å². The van der Waals surface area contributed by atoms with E-state index in [2.05, 4.69) is 246 Å². The zero-order chi connectivity index (χ0) is 57.4. The second-order valence-electron chi connectivity index (χ2n) is 22.3. The first kappa shape index (κ1) is 49.1. The second kappa shape index (κ2) is 19.1. The third kappa shape index (κ3) is 7.04. The fourth-order valence-corrected chi connectivity index (χ4v) is 16.8. The van der Waals surface area contributed by atoms with Crippen LogP contribution in [0.4, 0.5) is 5.69 Å². The molecule has 5 heterocycles. The van der Waals surface area contributed by atoms with Crippen molar-refractivity contribution in [2.45, 2.75) is 0 Å². The van der Waals surface area contributed by atoms with Crippen molar-refractivity contribution in [2.24, 2.45) is 0 Å². The summed E-state index contributed by atoms with van der Waals surface area (Å²) in [5, 5.41) is 23.6. The van der Waals surface area contributed by atoms with Gasteiger partial charge in [-0.05, 0) is 81.4 Å². The molecule has 0 fully saturated rings. The molecule has 0 radical (unpaired) electrons. The molecule has 18 aromatic rings. The molecule has 5 nitrogen and oxygen atoms in total. The van der Waals surface area contributed by atoms with Crippen molar-refractivity contribution in [3.05, 3.63) is 284 Å². The minimum absolute atomic E-state index is 0.380. The van der Waals surface area contributed by atoms with E-state index in [1.807, 2.05) is 36.4 Å². The van der Waals surface area contributed by atoms with Gasteiger partial charge in [0.25, 0.3) is 0 Å². The Hall–Kier alpha value is -11.3. The molecule has 0 aliphatic carbocycles. The number of benzene rings is 13. The zero-order valence-electron chi connectivity index (χ0n) is 46.4. The highest BCUT2D eigenvalue weighted by Gasteiger charge is 2.34. The number of furan rings is 1. The lowest BCUT2D eigenvalue weighted by atomic mass is 9.88. The molecule has 0 aliphatic heterocycles. The number of nitrogens with zero attached hydrogens (tertiary/aromatic N) is 4. The van der Waals surface area contributed by atoms with E-state index >= 15 is 0 Å². The maximum Gasteiger partial charge on any atom is 0.220 e. The van der Waals surface area contributed by atoms with Gasteiger partial charge in [-0.15, -0.1) is 22.7 Å². The van der Waals surface area contributed by atoms with Gasteiger partial charge in [-0.1, -0.05) is 224 Å². The second-order valence-corrected chi connectivity index (χ2v) is 24.4. The molecule has 0 aliphatic rings. The molecular weight excluding hydrogens is 1100 g/mol. The average Bonchev–Trinajstić information content (AvgIpc) is 1.64. The molecule has 87 heavy (non-hydrogen) atoms. The molecule has 0 spiro atoms. The van der Waals surface area contributed by atoms with E-state index in [0.29, 0.717) is 28.2 Å². The van der Waals surface area contributed by atoms with E-state index in [1.54, 1.807) is 22.7 Å². The summed E-state index contributed by atoms with van der Waals surface area (Å²) < 4.78 is 16.2. The number of rotatable bonds is 7. The largest absolute Gasteiger partial charge is 0.455 e. The molecule has 18 rings (SSSR count). The third-order valence-electron chi connectivity index (χ3n) is 17.8.